The van der Waals surface area contributed by atoms with E-state index in [0.29, 0.717) is 0 Å². The normalized spacial score (nSPS) is 9.60. The molecule has 0 aromatic carbocycles. The first-order valence-corrected chi connectivity index (χ1v) is 3.89. The highest BCUT2D eigenvalue weighted by Crippen LogP contribution is 2.05. The zero-order chi connectivity index (χ0) is 7.98. The first kappa shape index (κ1) is 9.70. The summed E-state index contributed by atoms with van der Waals surface area (Å²) in [4.78, 5) is 0. The van der Waals surface area contributed by atoms with E-state index in [1.54, 1.807) is 0 Å². The Hall–Kier alpha value is -0.300. The van der Waals surface area contributed by atoms with Gasteiger partial charge in [-0.05, 0) is 34.1 Å². The number of hydrogen-bond acceptors (Lipinski definition) is 1. The minimum absolute atomic E-state index is 0.829. The monoisotopic (exact) mass is 142 g/mol. The van der Waals surface area contributed by atoms with E-state index in [1.165, 1.54) is 11.1 Å². The van der Waals surface area contributed by atoms with Gasteiger partial charge in [-0.1, -0.05) is 11.1 Å². The van der Waals surface area contributed by atoms with Gasteiger partial charge >= 0.3 is 0 Å². The Balaban J connectivity index is 3.40. The SMILES string of the molecule is CCOCCC(C)=C(C)C. The molecule has 0 unspecified atom stereocenters. The van der Waals surface area contributed by atoms with Crippen LogP contribution < -0.4 is 0 Å². The second-order valence-corrected chi connectivity index (χ2v) is 2.73. The van der Waals surface area contributed by atoms with Crippen molar-refractivity contribution in [2.24, 2.45) is 0 Å². The summed E-state index contributed by atoms with van der Waals surface area (Å²) in [6.07, 6.45) is 1.08. The molecule has 0 spiro atoms. The van der Waals surface area contributed by atoms with Crippen molar-refractivity contribution in [2.75, 3.05) is 13.2 Å². The fourth-order valence-electron chi connectivity index (χ4n) is 0.620. The molecular weight excluding hydrogens is 124 g/mol. The average molecular weight is 142 g/mol. The van der Waals surface area contributed by atoms with E-state index in [-0.39, 0.29) is 0 Å². The van der Waals surface area contributed by atoms with Crippen LogP contribution in [0.2, 0.25) is 0 Å². The molecule has 1 nitrogen and oxygen atoms in total. The molecule has 0 amide bonds. The molecule has 0 bridgehead atoms. The zero-order valence-electron chi connectivity index (χ0n) is 7.53. The quantitative estimate of drug-likeness (QED) is 0.433. The van der Waals surface area contributed by atoms with Gasteiger partial charge in [0, 0.05) is 6.61 Å². The van der Waals surface area contributed by atoms with Gasteiger partial charge in [0.2, 0.25) is 0 Å². The van der Waals surface area contributed by atoms with Crippen molar-refractivity contribution >= 4 is 0 Å². The van der Waals surface area contributed by atoms with E-state index < -0.39 is 0 Å². The average Bonchev–Trinajstić information content (AvgIpc) is 1.88. The van der Waals surface area contributed by atoms with Crippen LogP contribution in [0.3, 0.4) is 0 Å². The summed E-state index contributed by atoms with van der Waals surface area (Å²) < 4.78 is 5.22. The summed E-state index contributed by atoms with van der Waals surface area (Å²) in [6, 6.07) is 0. The summed E-state index contributed by atoms with van der Waals surface area (Å²) in [5.41, 5.74) is 2.87. The molecule has 0 heterocycles. The zero-order valence-corrected chi connectivity index (χ0v) is 7.53. The molecule has 0 aliphatic heterocycles. The summed E-state index contributed by atoms with van der Waals surface area (Å²) in [7, 11) is 0. The minimum atomic E-state index is 0.829. The minimum Gasteiger partial charge on any atom is -0.381 e. The number of ether oxygens (including phenoxy) is 1. The summed E-state index contributed by atoms with van der Waals surface area (Å²) in [5.74, 6) is 0. The number of allylic oxidation sites excluding steroid dienone is 1. The lowest BCUT2D eigenvalue weighted by Crippen LogP contribution is -1.94. The third-order valence-corrected chi connectivity index (χ3v) is 1.68. The van der Waals surface area contributed by atoms with Gasteiger partial charge in [0.15, 0.2) is 0 Å². The maximum Gasteiger partial charge on any atom is 0.0503 e. The molecular formula is C9H18O. The Morgan fingerprint density at radius 3 is 2.20 bits per heavy atom. The van der Waals surface area contributed by atoms with E-state index in [4.69, 9.17) is 4.74 Å². The second-order valence-electron chi connectivity index (χ2n) is 2.73. The number of rotatable bonds is 4. The predicted molar refractivity (Wildman–Crippen MR) is 45.2 cm³/mol. The van der Waals surface area contributed by atoms with Crippen molar-refractivity contribution in [3.05, 3.63) is 11.1 Å². The fraction of sp³-hybridized carbons (Fsp3) is 0.778. The summed E-state index contributed by atoms with van der Waals surface area (Å²) in [6.45, 7) is 10.2. The van der Waals surface area contributed by atoms with Crippen LogP contribution >= 0.6 is 0 Å². The van der Waals surface area contributed by atoms with Gasteiger partial charge in [0.1, 0.15) is 0 Å². The van der Waals surface area contributed by atoms with E-state index in [2.05, 4.69) is 20.8 Å². The van der Waals surface area contributed by atoms with Gasteiger partial charge in [-0.3, -0.25) is 0 Å². The fourth-order valence-corrected chi connectivity index (χ4v) is 0.620. The van der Waals surface area contributed by atoms with Crippen LogP contribution in [-0.2, 0) is 4.74 Å². The lowest BCUT2D eigenvalue weighted by Gasteiger charge is -2.02. The molecule has 0 saturated carbocycles. The van der Waals surface area contributed by atoms with E-state index in [1.807, 2.05) is 6.92 Å². The number of hydrogen-bond donors (Lipinski definition) is 0. The van der Waals surface area contributed by atoms with Gasteiger partial charge < -0.3 is 4.74 Å². The van der Waals surface area contributed by atoms with Crippen LogP contribution in [-0.4, -0.2) is 13.2 Å². The largest absolute Gasteiger partial charge is 0.381 e. The van der Waals surface area contributed by atoms with Crippen molar-refractivity contribution in [3.8, 4) is 0 Å². The molecule has 0 radical (unpaired) electrons. The summed E-state index contributed by atoms with van der Waals surface area (Å²) >= 11 is 0. The smallest absolute Gasteiger partial charge is 0.0503 e. The molecule has 0 aliphatic carbocycles. The Kier molecular flexibility index (Phi) is 5.32. The molecule has 0 fully saturated rings. The first-order chi connectivity index (χ1) is 4.68. The van der Waals surface area contributed by atoms with Gasteiger partial charge in [-0.15, -0.1) is 0 Å². The second kappa shape index (κ2) is 5.48. The van der Waals surface area contributed by atoms with Crippen LogP contribution in [0.1, 0.15) is 34.1 Å². The van der Waals surface area contributed by atoms with E-state index in [0.717, 1.165) is 19.6 Å². The predicted octanol–water partition coefficient (Wildman–Crippen LogP) is 2.77. The molecule has 0 aromatic heterocycles. The molecule has 1 heteroatoms. The molecule has 0 saturated heterocycles. The van der Waals surface area contributed by atoms with Gasteiger partial charge in [0.25, 0.3) is 0 Å². The standard InChI is InChI=1S/C9H18O/c1-5-10-7-6-9(4)8(2)3/h5-7H2,1-4H3. The highest BCUT2D eigenvalue weighted by Gasteiger charge is 1.91. The Bertz CT molecular complexity index is 110. The Labute approximate surface area is 64.1 Å². The molecule has 0 aromatic rings. The van der Waals surface area contributed by atoms with Crippen molar-refractivity contribution in [2.45, 2.75) is 34.1 Å². The van der Waals surface area contributed by atoms with Gasteiger partial charge in [-0.25, -0.2) is 0 Å². The highest BCUT2D eigenvalue weighted by atomic mass is 16.5. The third-order valence-electron chi connectivity index (χ3n) is 1.68. The Morgan fingerprint density at radius 1 is 1.20 bits per heavy atom. The van der Waals surface area contributed by atoms with Gasteiger partial charge in [-0.2, -0.15) is 0 Å². The van der Waals surface area contributed by atoms with Gasteiger partial charge in [0.05, 0.1) is 6.61 Å². The lowest BCUT2D eigenvalue weighted by molar-refractivity contribution is 0.150. The highest BCUT2D eigenvalue weighted by molar-refractivity contribution is 5.06. The van der Waals surface area contributed by atoms with Crippen LogP contribution in [0.25, 0.3) is 0 Å². The van der Waals surface area contributed by atoms with Crippen molar-refractivity contribution < 1.29 is 4.74 Å². The Morgan fingerprint density at radius 2 is 1.80 bits per heavy atom. The van der Waals surface area contributed by atoms with Crippen LogP contribution in [0.4, 0.5) is 0 Å². The van der Waals surface area contributed by atoms with E-state index >= 15 is 0 Å². The molecule has 0 atom stereocenters. The molecule has 10 heavy (non-hydrogen) atoms. The van der Waals surface area contributed by atoms with Crippen LogP contribution in [0.15, 0.2) is 11.1 Å². The van der Waals surface area contributed by atoms with E-state index in [9.17, 15) is 0 Å². The van der Waals surface area contributed by atoms with Crippen molar-refractivity contribution in [3.63, 3.8) is 0 Å². The maximum absolute atomic E-state index is 5.22. The molecule has 0 aliphatic rings. The first-order valence-electron chi connectivity index (χ1n) is 3.89. The maximum atomic E-state index is 5.22. The van der Waals surface area contributed by atoms with Crippen molar-refractivity contribution in [1.29, 1.82) is 0 Å². The van der Waals surface area contributed by atoms with Crippen LogP contribution in [0.5, 0.6) is 0 Å². The molecule has 0 N–H and O–H groups in total. The van der Waals surface area contributed by atoms with Crippen LogP contribution in [0, 0.1) is 0 Å². The summed E-state index contributed by atoms with van der Waals surface area (Å²) in [5, 5.41) is 0. The molecule has 0 rings (SSSR count). The topological polar surface area (TPSA) is 9.23 Å². The third kappa shape index (κ3) is 4.57. The molecule has 60 valence electrons. The van der Waals surface area contributed by atoms with Crippen molar-refractivity contribution in [1.82, 2.24) is 0 Å². The lowest BCUT2D eigenvalue weighted by atomic mass is 10.1.